The van der Waals surface area contributed by atoms with Gasteiger partial charge in [-0.25, -0.2) is 0 Å². The smallest absolute Gasteiger partial charge is 0.256 e. The molecule has 6 rings (SSSR count). The molecule has 1 amide bonds. The molecule has 0 spiro atoms. The Morgan fingerprint density at radius 3 is 2.63 bits per heavy atom. The standard InChI is InChI=1S/C32H33N3O3/c1-21(28-20-23-18-24(11-13-27(23)33-28)38-17-16-35-14-6-3-7-15-35)31-26-12-10-22(19-29(26)34-32(31)36)25-8-4-5-9-30(25)37-2/h4-5,8-13,18-20,33H,3,6-7,14-17H2,1-2H3,(H,34,36)/b31-21-. The van der Waals surface area contributed by atoms with Crippen LogP contribution in [0.4, 0.5) is 5.69 Å². The summed E-state index contributed by atoms with van der Waals surface area (Å²) >= 11 is 0. The fourth-order valence-electron chi connectivity index (χ4n) is 5.61. The predicted molar refractivity (Wildman–Crippen MR) is 154 cm³/mol. The number of nitrogens with zero attached hydrogens (tertiary/aromatic N) is 1. The number of para-hydroxylation sites is 1. The van der Waals surface area contributed by atoms with E-state index in [0.29, 0.717) is 12.2 Å². The third-order valence-electron chi connectivity index (χ3n) is 7.68. The number of aromatic nitrogens is 1. The number of benzene rings is 3. The van der Waals surface area contributed by atoms with E-state index < -0.39 is 0 Å². The maximum atomic E-state index is 13.1. The van der Waals surface area contributed by atoms with Crippen LogP contribution < -0.4 is 14.8 Å². The van der Waals surface area contributed by atoms with Gasteiger partial charge in [-0.05, 0) is 80.4 Å². The summed E-state index contributed by atoms with van der Waals surface area (Å²) in [5, 5.41) is 4.13. The quantitative estimate of drug-likeness (QED) is 0.277. The third kappa shape index (κ3) is 4.68. The molecule has 2 N–H and O–H groups in total. The van der Waals surface area contributed by atoms with Crippen molar-refractivity contribution in [1.82, 2.24) is 9.88 Å². The van der Waals surface area contributed by atoms with E-state index in [1.165, 1.54) is 32.4 Å². The Bertz CT molecular complexity index is 1530. The molecule has 0 radical (unpaired) electrons. The van der Waals surface area contributed by atoms with Crippen LogP contribution in [-0.4, -0.2) is 49.1 Å². The largest absolute Gasteiger partial charge is 0.496 e. The Hall–Kier alpha value is -4.03. The van der Waals surface area contributed by atoms with Crippen LogP contribution in [0.2, 0.25) is 0 Å². The Morgan fingerprint density at radius 2 is 1.79 bits per heavy atom. The molecule has 0 aliphatic carbocycles. The fraction of sp³-hybridized carbons (Fsp3) is 0.281. The van der Waals surface area contributed by atoms with Crippen LogP contribution in [0.5, 0.6) is 11.5 Å². The minimum Gasteiger partial charge on any atom is -0.496 e. The number of piperidine rings is 1. The van der Waals surface area contributed by atoms with Gasteiger partial charge < -0.3 is 19.8 Å². The van der Waals surface area contributed by atoms with Crippen molar-refractivity contribution in [2.45, 2.75) is 26.2 Å². The number of carbonyl (C=O) groups excluding carboxylic acids is 1. The fourth-order valence-corrected chi connectivity index (χ4v) is 5.61. The van der Waals surface area contributed by atoms with Crippen molar-refractivity contribution in [1.29, 1.82) is 0 Å². The zero-order valence-electron chi connectivity index (χ0n) is 22.0. The molecule has 2 aliphatic heterocycles. The van der Waals surface area contributed by atoms with E-state index in [1.54, 1.807) is 7.11 Å². The van der Waals surface area contributed by atoms with E-state index in [-0.39, 0.29) is 5.91 Å². The lowest BCUT2D eigenvalue weighted by molar-refractivity contribution is -0.110. The highest BCUT2D eigenvalue weighted by atomic mass is 16.5. The molecule has 0 bridgehead atoms. The van der Waals surface area contributed by atoms with E-state index in [9.17, 15) is 4.79 Å². The van der Waals surface area contributed by atoms with Crippen molar-refractivity contribution in [3.63, 3.8) is 0 Å². The number of carbonyl (C=O) groups is 1. The number of methoxy groups -OCH3 is 1. The summed E-state index contributed by atoms with van der Waals surface area (Å²) in [4.78, 5) is 19.1. The minimum atomic E-state index is -0.0879. The molecule has 194 valence electrons. The molecule has 1 saturated heterocycles. The first-order valence-corrected chi connectivity index (χ1v) is 13.4. The number of aromatic amines is 1. The Balaban J connectivity index is 1.25. The van der Waals surface area contributed by atoms with Crippen molar-refractivity contribution < 1.29 is 14.3 Å². The predicted octanol–water partition coefficient (Wildman–Crippen LogP) is 6.59. The van der Waals surface area contributed by atoms with Crippen LogP contribution in [0.1, 0.15) is 37.4 Å². The summed E-state index contributed by atoms with van der Waals surface area (Å²) < 4.78 is 11.6. The van der Waals surface area contributed by atoms with Gasteiger partial charge in [-0.2, -0.15) is 0 Å². The lowest BCUT2D eigenvalue weighted by Gasteiger charge is -2.26. The number of likely N-dealkylation sites (tertiary alicyclic amines) is 1. The molecule has 6 nitrogen and oxygen atoms in total. The van der Waals surface area contributed by atoms with E-state index in [4.69, 9.17) is 9.47 Å². The molecule has 0 atom stereocenters. The number of anilines is 1. The molecule has 4 aromatic rings. The first-order chi connectivity index (χ1) is 18.6. The number of ether oxygens (including phenoxy) is 2. The highest BCUT2D eigenvalue weighted by Crippen LogP contribution is 2.41. The summed E-state index contributed by atoms with van der Waals surface area (Å²) in [5.74, 6) is 1.59. The van der Waals surface area contributed by atoms with Gasteiger partial charge in [0.25, 0.3) is 5.91 Å². The number of amides is 1. The zero-order valence-corrected chi connectivity index (χ0v) is 22.0. The van der Waals surface area contributed by atoms with Crippen molar-refractivity contribution in [3.05, 3.63) is 78.0 Å². The van der Waals surface area contributed by atoms with E-state index in [0.717, 1.165) is 62.6 Å². The highest BCUT2D eigenvalue weighted by Gasteiger charge is 2.27. The van der Waals surface area contributed by atoms with Crippen LogP contribution >= 0.6 is 0 Å². The van der Waals surface area contributed by atoms with Crippen LogP contribution in [0.3, 0.4) is 0 Å². The van der Waals surface area contributed by atoms with Gasteiger partial charge in [-0.15, -0.1) is 0 Å². The van der Waals surface area contributed by atoms with E-state index in [1.807, 2.05) is 55.5 Å². The summed E-state index contributed by atoms with van der Waals surface area (Å²) in [7, 11) is 1.67. The SMILES string of the molecule is COc1ccccc1-c1ccc2c(c1)NC(=O)/C2=C(/C)c1cc2cc(OCCN3CCCCC3)ccc2[nH]1. The van der Waals surface area contributed by atoms with Crippen molar-refractivity contribution in [2.24, 2.45) is 0 Å². The third-order valence-corrected chi connectivity index (χ3v) is 7.68. The van der Waals surface area contributed by atoms with Crippen molar-refractivity contribution >= 4 is 33.6 Å². The number of fused-ring (bicyclic) bond motifs is 2. The summed E-state index contributed by atoms with van der Waals surface area (Å²) in [5.41, 5.74) is 7.27. The second-order valence-corrected chi connectivity index (χ2v) is 10.1. The molecule has 6 heteroatoms. The molecule has 0 unspecified atom stereocenters. The van der Waals surface area contributed by atoms with Gasteiger partial charge in [0.2, 0.25) is 0 Å². The van der Waals surface area contributed by atoms with Crippen LogP contribution in [0.25, 0.3) is 33.2 Å². The second-order valence-electron chi connectivity index (χ2n) is 10.1. The lowest BCUT2D eigenvalue weighted by atomic mass is 9.96. The molecule has 2 aliphatic rings. The molecule has 1 fully saturated rings. The molecule has 3 heterocycles. The average molecular weight is 508 g/mol. The molecule has 38 heavy (non-hydrogen) atoms. The van der Waals surface area contributed by atoms with Gasteiger partial charge >= 0.3 is 0 Å². The Kier molecular flexibility index (Phi) is 6.64. The molecule has 0 saturated carbocycles. The molecule has 1 aromatic heterocycles. The van der Waals surface area contributed by atoms with Crippen LogP contribution in [0.15, 0.2) is 66.7 Å². The lowest BCUT2D eigenvalue weighted by Crippen LogP contribution is -2.33. The summed E-state index contributed by atoms with van der Waals surface area (Å²) in [6.45, 7) is 6.01. The van der Waals surface area contributed by atoms with E-state index >= 15 is 0 Å². The summed E-state index contributed by atoms with van der Waals surface area (Å²) in [6, 6.07) is 22.2. The number of nitrogens with one attached hydrogen (secondary N) is 2. The van der Waals surface area contributed by atoms with Crippen molar-refractivity contribution in [2.75, 3.05) is 38.7 Å². The van der Waals surface area contributed by atoms with Crippen LogP contribution in [0, 0.1) is 0 Å². The average Bonchev–Trinajstić information content (AvgIpc) is 3.52. The maximum Gasteiger partial charge on any atom is 0.256 e. The Labute approximate surface area is 223 Å². The highest BCUT2D eigenvalue weighted by molar-refractivity contribution is 6.36. The van der Waals surface area contributed by atoms with Gasteiger partial charge in [-0.3, -0.25) is 9.69 Å². The molecular formula is C32H33N3O3. The monoisotopic (exact) mass is 507 g/mol. The van der Waals surface area contributed by atoms with Crippen LogP contribution in [-0.2, 0) is 4.79 Å². The maximum absolute atomic E-state index is 13.1. The Morgan fingerprint density at radius 1 is 0.947 bits per heavy atom. The number of hydrogen-bond acceptors (Lipinski definition) is 4. The summed E-state index contributed by atoms with van der Waals surface area (Å²) in [6.07, 6.45) is 3.92. The number of hydrogen-bond donors (Lipinski definition) is 2. The molecule has 3 aromatic carbocycles. The molecular weight excluding hydrogens is 474 g/mol. The van der Waals surface area contributed by atoms with E-state index in [2.05, 4.69) is 33.4 Å². The van der Waals surface area contributed by atoms with Gasteiger partial charge in [0, 0.05) is 40.0 Å². The van der Waals surface area contributed by atoms with Gasteiger partial charge in [-0.1, -0.05) is 36.8 Å². The van der Waals surface area contributed by atoms with Gasteiger partial charge in [0.05, 0.1) is 12.7 Å². The van der Waals surface area contributed by atoms with Crippen molar-refractivity contribution in [3.8, 4) is 22.6 Å². The first kappa shape index (κ1) is 24.3. The minimum absolute atomic E-state index is 0.0879. The number of rotatable bonds is 7. The van der Waals surface area contributed by atoms with Gasteiger partial charge in [0.15, 0.2) is 0 Å². The topological polar surface area (TPSA) is 66.6 Å². The second kappa shape index (κ2) is 10.4. The zero-order chi connectivity index (χ0) is 26.1. The normalized spacial score (nSPS) is 16.8. The number of H-pyrrole nitrogens is 1. The van der Waals surface area contributed by atoms with Gasteiger partial charge in [0.1, 0.15) is 18.1 Å². The first-order valence-electron chi connectivity index (χ1n) is 13.4. The number of allylic oxidation sites excluding steroid dienone is 1.